The van der Waals surface area contributed by atoms with Gasteiger partial charge in [0.25, 0.3) is 0 Å². The summed E-state index contributed by atoms with van der Waals surface area (Å²) in [5.41, 5.74) is 2.18. The molecule has 3 rings (SSSR count). The molecule has 3 aromatic rings. The van der Waals surface area contributed by atoms with Crippen molar-refractivity contribution in [1.82, 2.24) is 9.71 Å². The summed E-state index contributed by atoms with van der Waals surface area (Å²) in [6.45, 7) is 1.82. The molecule has 1 heterocycles. The number of sulfonamides is 1. The molecule has 0 saturated heterocycles. The molecule has 0 saturated carbocycles. The van der Waals surface area contributed by atoms with Gasteiger partial charge in [-0.15, -0.1) is 11.3 Å². The van der Waals surface area contributed by atoms with Gasteiger partial charge in [0.05, 0.1) is 5.69 Å². The normalized spacial score (nSPS) is 11.7. The monoisotopic (exact) mass is 445 g/mol. The van der Waals surface area contributed by atoms with Gasteiger partial charge in [0.15, 0.2) is 5.13 Å². The van der Waals surface area contributed by atoms with E-state index in [4.69, 9.17) is 0 Å². The lowest BCUT2D eigenvalue weighted by atomic mass is 10.1. The summed E-state index contributed by atoms with van der Waals surface area (Å²) in [6.07, 6.45) is 1.45. The van der Waals surface area contributed by atoms with Crippen molar-refractivity contribution in [3.05, 3.63) is 76.3 Å². The van der Waals surface area contributed by atoms with Crippen LogP contribution in [-0.4, -0.2) is 25.9 Å². The fourth-order valence-electron chi connectivity index (χ4n) is 2.59. The van der Waals surface area contributed by atoms with Crippen molar-refractivity contribution < 1.29 is 17.6 Å². The fourth-order valence-corrected chi connectivity index (χ4v) is 4.27. The van der Waals surface area contributed by atoms with Crippen molar-refractivity contribution in [2.75, 3.05) is 11.9 Å². The van der Waals surface area contributed by atoms with Gasteiger partial charge in [-0.05, 0) is 42.8 Å². The van der Waals surface area contributed by atoms with Gasteiger partial charge in [0.1, 0.15) is 5.82 Å². The van der Waals surface area contributed by atoms with E-state index in [9.17, 15) is 17.6 Å². The Labute approximate surface area is 178 Å². The molecule has 0 radical (unpaired) electrons. The maximum absolute atomic E-state index is 13.1. The van der Waals surface area contributed by atoms with Gasteiger partial charge >= 0.3 is 0 Å². The fraction of sp³-hybridized carbons (Fsp3) is 0.143. The Morgan fingerprint density at radius 2 is 1.83 bits per heavy atom. The summed E-state index contributed by atoms with van der Waals surface area (Å²) in [5.74, 6) is -0.689. The lowest BCUT2D eigenvalue weighted by Gasteiger charge is -2.03. The van der Waals surface area contributed by atoms with Crippen molar-refractivity contribution >= 4 is 38.5 Å². The number of hydrogen-bond donors (Lipinski definition) is 2. The van der Waals surface area contributed by atoms with E-state index in [1.165, 1.54) is 29.5 Å². The van der Waals surface area contributed by atoms with Crippen LogP contribution in [0.25, 0.3) is 17.3 Å². The first-order valence-corrected chi connectivity index (χ1v) is 11.4. The molecule has 30 heavy (non-hydrogen) atoms. The average Bonchev–Trinajstić information content (AvgIpc) is 3.07. The zero-order valence-electron chi connectivity index (χ0n) is 16.1. The first-order chi connectivity index (χ1) is 14.3. The Balaban J connectivity index is 1.52. The van der Waals surface area contributed by atoms with Crippen molar-refractivity contribution in [2.45, 2.75) is 13.3 Å². The van der Waals surface area contributed by atoms with Crippen molar-refractivity contribution in [1.29, 1.82) is 0 Å². The van der Waals surface area contributed by atoms with Crippen molar-refractivity contribution in [3.8, 4) is 11.3 Å². The van der Waals surface area contributed by atoms with Gasteiger partial charge in [0, 0.05) is 28.8 Å². The SMILES string of the molecule is Cc1sc(NC(=O)CCNS(=O)(=O)/C=C/c2ccccc2)nc1-c1ccc(F)cc1. The highest BCUT2D eigenvalue weighted by Gasteiger charge is 2.13. The summed E-state index contributed by atoms with van der Waals surface area (Å²) >= 11 is 1.30. The topological polar surface area (TPSA) is 88.2 Å². The Bertz CT molecular complexity index is 1140. The molecular weight excluding hydrogens is 425 g/mol. The van der Waals surface area contributed by atoms with Crippen LogP contribution < -0.4 is 10.0 Å². The summed E-state index contributed by atoms with van der Waals surface area (Å²) < 4.78 is 39.5. The van der Waals surface area contributed by atoms with E-state index >= 15 is 0 Å². The number of carbonyl (C=O) groups is 1. The highest BCUT2D eigenvalue weighted by Crippen LogP contribution is 2.30. The number of nitrogens with zero attached hydrogens (tertiary/aromatic N) is 1. The van der Waals surface area contributed by atoms with E-state index in [0.717, 1.165) is 21.4 Å². The third-order valence-electron chi connectivity index (χ3n) is 4.06. The van der Waals surface area contributed by atoms with Crippen LogP contribution in [-0.2, 0) is 14.8 Å². The van der Waals surface area contributed by atoms with Gasteiger partial charge in [-0.2, -0.15) is 0 Å². The number of anilines is 1. The molecule has 0 aliphatic carbocycles. The smallest absolute Gasteiger partial charge is 0.233 e. The van der Waals surface area contributed by atoms with Crippen LogP contribution in [0, 0.1) is 12.7 Å². The molecule has 0 aliphatic rings. The minimum absolute atomic E-state index is 0.0388. The lowest BCUT2D eigenvalue weighted by molar-refractivity contribution is -0.116. The zero-order chi connectivity index (χ0) is 21.6. The van der Waals surface area contributed by atoms with E-state index in [1.807, 2.05) is 25.1 Å². The number of nitrogens with one attached hydrogen (secondary N) is 2. The maximum atomic E-state index is 13.1. The van der Waals surface area contributed by atoms with E-state index in [2.05, 4.69) is 15.0 Å². The summed E-state index contributed by atoms with van der Waals surface area (Å²) in [7, 11) is -3.64. The number of amides is 1. The number of thiazole rings is 1. The molecule has 6 nitrogen and oxygen atoms in total. The predicted molar refractivity (Wildman–Crippen MR) is 118 cm³/mol. The predicted octanol–water partition coefficient (Wildman–Crippen LogP) is 4.18. The van der Waals surface area contributed by atoms with Crippen LogP contribution in [0.4, 0.5) is 9.52 Å². The molecule has 2 N–H and O–H groups in total. The van der Waals surface area contributed by atoms with Gasteiger partial charge in [0.2, 0.25) is 15.9 Å². The van der Waals surface area contributed by atoms with Crippen LogP contribution in [0.1, 0.15) is 16.9 Å². The first-order valence-electron chi connectivity index (χ1n) is 9.08. The lowest BCUT2D eigenvalue weighted by Crippen LogP contribution is -2.26. The van der Waals surface area contributed by atoms with Crippen LogP contribution in [0.2, 0.25) is 0 Å². The van der Waals surface area contributed by atoms with Crippen LogP contribution >= 0.6 is 11.3 Å². The molecule has 0 unspecified atom stereocenters. The first kappa shape index (κ1) is 21.8. The highest BCUT2D eigenvalue weighted by molar-refractivity contribution is 7.92. The van der Waals surface area contributed by atoms with Gasteiger partial charge in [-0.1, -0.05) is 30.3 Å². The molecule has 9 heteroatoms. The van der Waals surface area contributed by atoms with Gasteiger partial charge < -0.3 is 5.32 Å². The number of benzene rings is 2. The van der Waals surface area contributed by atoms with Crippen molar-refractivity contribution in [3.63, 3.8) is 0 Å². The third kappa shape index (κ3) is 6.31. The second-order valence-electron chi connectivity index (χ2n) is 6.38. The molecule has 1 amide bonds. The van der Waals surface area contributed by atoms with Gasteiger partial charge in [-0.25, -0.2) is 22.5 Å². The minimum atomic E-state index is -3.64. The van der Waals surface area contributed by atoms with Crippen LogP contribution in [0.5, 0.6) is 0 Å². The Kier molecular flexibility index (Phi) is 7.09. The molecule has 0 aliphatic heterocycles. The molecule has 0 spiro atoms. The van der Waals surface area contributed by atoms with E-state index in [1.54, 1.807) is 24.3 Å². The summed E-state index contributed by atoms with van der Waals surface area (Å²) in [5, 5.41) is 4.14. The number of aromatic nitrogens is 1. The van der Waals surface area contributed by atoms with Crippen LogP contribution in [0.3, 0.4) is 0 Å². The Morgan fingerprint density at radius 3 is 2.53 bits per heavy atom. The van der Waals surface area contributed by atoms with E-state index < -0.39 is 10.0 Å². The Morgan fingerprint density at radius 1 is 1.13 bits per heavy atom. The largest absolute Gasteiger partial charge is 0.302 e. The number of carbonyl (C=O) groups excluding carboxylic acids is 1. The molecule has 2 aromatic carbocycles. The summed E-state index contributed by atoms with van der Waals surface area (Å²) in [6, 6.07) is 15.0. The molecular formula is C21H20FN3O3S2. The second-order valence-corrected chi connectivity index (χ2v) is 9.24. The van der Waals surface area contributed by atoms with Gasteiger partial charge in [-0.3, -0.25) is 4.79 Å². The number of aryl methyl sites for hydroxylation is 1. The second kappa shape index (κ2) is 9.75. The van der Waals surface area contributed by atoms with E-state index in [0.29, 0.717) is 10.8 Å². The standard InChI is InChI=1S/C21H20FN3O3S2/c1-15-20(17-7-9-18(22)10-8-17)25-21(29-15)24-19(26)11-13-23-30(27,28)14-12-16-5-3-2-4-6-16/h2-10,12,14,23H,11,13H2,1H3,(H,24,25,26)/b14-12+. The number of rotatable bonds is 8. The molecule has 156 valence electrons. The maximum Gasteiger partial charge on any atom is 0.233 e. The van der Waals surface area contributed by atoms with E-state index in [-0.39, 0.29) is 24.7 Å². The van der Waals surface area contributed by atoms with Crippen LogP contribution in [0.15, 0.2) is 60.0 Å². The average molecular weight is 446 g/mol. The molecule has 1 aromatic heterocycles. The number of hydrogen-bond acceptors (Lipinski definition) is 5. The number of halogens is 1. The molecule has 0 atom stereocenters. The van der Waals surface area contributed by atoms with Crippen molar-refractivity contribution in [2.24, 2.45) is 0 Å². The Hall–Kier alpha value is -2.88. The minimum Gasteiger partial charge on any atom is -0.302 e. The highest BCUT2D eigenvalue weighted by atomic mass is 32.2. The zero-order valence-corrected chi connectivity index (χ0v) is 17.8. The summed E-state index contributed by atoms with van der Waals surface area (Å²) in [4.78, 5) is 17.4. The molecule has 0 bridgehead atoms. The third-order valence-corrected chi connectivity index (χ3v) is 6.04. The molecule has 0 fully saturated rings. The quantitative estimate of drug-likeness (QED) is 0.545.